The van der Waals surface area contributed by atoms with Crippen molar-refractivity contribution in [1.82, 2.24) is 4.90 Å². The van der Waals surface area contributed by atoms with Gasteiger partial charge in [0.15, 0.2) is 0 Å². The lowest BCUT2D eigenvalue weighted by Crippen LogP contribution is -2.37. The molecule has 1 unspecified atom stereocenters. The van der Waals surface area contributed by atoms with Crippen LogP contribution < -0.4 is 9.84 Å². The van der Waals surface area contributed by atoms with E-state index in [1.807, 2.05) is 6.07 Å². The minimum atomic E-state index is -5.19. The van der Waals surface area contributed by atoms with Crippen molar-refractivity contribution in [2.45, 2.75) is 65.6 Å². The number of ether oxygens (including phenoxy) is 1. The molecule has 0 aliphatic carbocycles. The van der Waals surface area contributed by atoms with Gasteiger partial charge in [0.1, 0.15) is 11.7 Å². The van der Waals surface area contributed by atoms with Gasteiger partial charge in [-0.05, 0) is 70.3 Å². The van der Waals surface area contributed by atoms with E-state index in [2.05, 4.69) is 50.8 Å². The number of hydrogen-bond acceptors (Lipinski definition) is 4. The van der Waals surface area contributed by atoms with Crippen LogP contribution in [0.1, 0.15) is 52.0 Å². The molecule has 0 radical (unpaired) electrons. The van der Waals surface area contributed by atoms with Crippen LogP contribution in [-0.4, -0.2) is 42.8 Å². The van der Waals surface area contributed by atoms with Gasteiger partial charge < -0.3 is 19.5 Å². The van der Waals surface area contributed by atoms with Gasteiger partial charge in [0.05, 0.1) is 6.61 Å². The number of carboxylic acids is 1. The predicted octanol–water partition coefficient (Wildman–Crippen LogP) is 3.96. The molecular weight excluding hydrogens is 359 g/mol. The monoisotopic (exact) mass is 390 g/mol. The molecule has 1 atom stereocenters. The Morgan fingerprint density at radius 1 is 1.22 bits per heavy atom. The topological polar surface area (TPSA) is 52.6 Å². The van der Waals surface area contributed by atoms with Crippen molar-refractivity contribution in [3.05, 3.63) is 29.8 Å². The summed E-state index contributed by atoms with van der Waals surface area (Å²) in [4.78, 5) is 11.4. The molecule has 7 heteroatoms. The highest BCUT2D eigenvalue weighted by atomic mass is 19.4. The standard InChI is InChI=1S/C18H31NO.C2HF3O2/c1-5-17(4)19(6-2)13-8-7-9-14-20-18-12-10-11-16(3)15-18;3-2(4,5)1(6)7/h10-12,15,17H,5-9,13-14H2,1-4H3;(H,6,7)/p-1. The van der Waals surface area contributed by atoms with Crippen molar-refractivity contribution in [3.63, 3.8) is 0 Å². The summed E-state index contributed by atoms with van der Waals surface area (Å²) in [5.74, 6) is -2.01. The van der Waals surface area contributed by atoms with Gasteiger partial charge >= 0.3 is 6.18 Å². The van der Waals surface area contributed by atoms with Crippen LogP contribution >= 0.6 is 0 Å². The number of rotatable bonds is 10. The highest BCUT2D eigenvalue weighted by molar-refractivity contribution is 5.70. The molecule has 1 aromatic rings. The van der Waals surface area contributed by atoms with E-state index < -0.39 is 12.1 Å². The normalized spacial score (nSPS) is 12.3. The van der Waals surface area contributed by atoms with Crippen molar-refractivity contribution in [2.24, 2.45) is 0 Å². The number of halogens is 3. The van der Waals surface area contributed by atoms with E-state index in [1.54, 1.807) is 0 Å². The number of benzene rings is 1. The summed E-state index contributed by atoms with van der Waals surface area (Å²) >= 11 is 0. The summed E-state index contributed by atoms with van der Waals surface area (Å²) in [6.07, 6.45) is -0.287. The smallest absolute Gasteiger partial charge is 0.430 e. The average molecular weight is 390 g/mol. The van der Waals surface area contributed by atoms with E-state index >= 15 is 0 Å². The molecule has 4 nitrogen and oxygen atoms in total. The van der Waals surface area contributed by atoms with Crippen molar-refractivity contribution in [1.29, 1.82) is 0 Å². The van der Waals surface area contributed by atoms with E-state index in [4.69, 9.17) is 14.6 Å². The Morgan fingerprint density at radius 3 is 2.33 bits per heavy atom. The Hall–Kier alpha value is -1.76. The number of unbranched alkanes of at least 4 members (excludes halogenated alkanes) is 2. The second-order valence-electron chi connectivity index (χ2n) is 6.40. The highest BCUT2D eigenvalue weighted by Crippen LogP contribution is 2.13. The lowest BCUT2D eigenvalue weighted by Gasteiger charge is -2.26. The molecule has 0 bridgehead atoms. The molecule has 0 amide bonds. The fourth-order valence-electron chi connectivity index (χ4n) is 2.44. The molecule has 0 heterocycles. The highest BCUT2D eigenvalue weighted by Gasteiger charge is 2.28. The molecule has 1 rings (SSSR count). The van der Waals surface area contributed by atoms with E-state index in [0.29, 0.717) is 6.04 Å². The van der Waals surface area contributed by atoms with Gasteiger partial charge in [0.25, 0.3) is 0 Å². The summed E-state index contributed by atoms with van der Waals surface area (Å²) in [6, 6.07) is 9.00. The maximum Gasteiger partial charge on any atom is 0.430 e. The van der Waals surface area contributed by atoms with Crippen molar-refractivity contribution >= 4 is 5.97 Å². The van der Waals surface area contributed by atoms with Gasteiger partial charge in [-0.2, -0.15) is 13.2 Å². The Bertz CT molecular complexity index is 535. The fraction of sp³-hybridized carbons (Fsp3) is 0.650. The molecule has 156 valence electrons. The molecular formula is C20H31F3NO3-. The number of aliphatic carboxylic acids is 1. The number of carboxylic acid groups (broad SMARTS) is 1. The van der Waals surface area contributed by atoms with Crippen LogP contribution in [0.4, 0.5) is 13.2 Å². The van der Waals surface area contributed by atoms with Crippen molar-refractivity contribution < 1.29 is 27.8 Å². The van der Waals surface area contributed by atoms with Crippen LogP contribution in [0.5, 0.6) is 5.75 Å². The van der Waals surface area contributed by atoms with Gasteiger partial charge in [0.2, 0.25) is 0 Å². The zero-order valence-corrected chi connectivity index (χ0v) is 16.6. The molecule has 0 N–H and O–H groups in total. The molecule has 0 aliphatic heterocycles. The minimum absolute atomic E-state index is 0.712. The molecule has 1 aromatic carbocycles. The van der Waals surface area contributed by atoms with Crippen LogP contribution in [0, 0.1) is 6.92 Å². The van der Waals surface area contributed by atoms with E-state index in [1.165, 1.54) is 31.4 Å². The number of carbonyl (C=O) groups excluding carboxylic acids is 1. The van der Waals surface area contributed by atoms with Crippen LogP contribution in [-0.2, 0) is 4.79 Å². The zero-order valence-electron chi connectivity index (χ0n) is 16.6. The number of aryl methyl sites for hydroxylation is 1. The first-order valence-corrected chi connectivity index (χ1v) is 9.33. The number of carbonyl (C=O) groups is 1. The third-order valence-corrected chi connectivity index (χ3v) is 4.20. The predicted molar refractivity (Wildman–Crippen MR) is 98.6 cm³/mol. The van der Waals surface area contributed by atoms with E-state index in [0.717, 1.165) is 25.3 Å². The summed E-state index contributed by atoms with van der Waals surface area (Å²) in [6.45, 7) is 12.2. The molecule has 0 aromatic heterocycles. The van der Waals surface area contributed by atoms with Crippen molar-refractivity contribution in [2.75, 3.05) is 19.7 Å². The zero-order chi connectivity index (χ0) is 20.9. The fourth-order valence-corrected chi connectivity index (χ4v) is 2.44. The van der Waals surface area contributed by atoms with Gasteiger partial charge in [-0.25, -0.2) is 0 Å². The molecule has 0 saturated heterocycles. The quantitative estimate of drug-likeness (QED) is 0.568. The van der Waals surface area contributed by atoms with Gasteiger partial charge in [-0.1, -0.05) is 26.0 Å². The summed E-state index contributed by atoms with van der Waals surface area (Å²) in [5.41, 5.74) is 1.26. The first kappa shape index (κ1) is 25.2. The maximum absolute atomic E-state index is 10.5. The van der Waals surface area contributed by atoms with Crippen LogP contribution in [0.25, 0.3) is 0 Å². The van der Waals surface area contributed by atoms with E-state index in [9.17, 15) is 13.2 Å². The summed E-state index contributed by atoms with van der Waals surface area (Å²) in [7, 11) is 0. The summed E-state index contributed by atoms with van der Waals surface area (Å²) in [5, 5.41) is 8.78. The van der Waals surface area contributed by atoms with Crippen LogP contribution in [0.15, 0.2) is 24.3 Å². The van der Waals surface area contributed by atoms with Gasteiger partial charge in [-0.15, -0.1) is 0 Å². The Morgan fingerprint density at radius 2 is 1.85 bits per heavy atom. The SMILES string of the molecule is CCC(C)N(CC)CCCCCOc1cccc(C)c1.O=C([O-])C(F)(F)F. The molecule has 0 fully saturated rings. The maximum atomic E-state index is 10.5. The van der Waals surface area contributed by atoms with E-state index in [-0.39, 0.29) is 0 Å². The number of hydrogen-bond donors (Lipinski definition) is 0. The molecule has 27 heavy (non-hydrogen) atoms. The second kappa shape index (κ2) is 13.4. The first-order chi connectivity index (χ1) is 12.6. The Balaban J connectivity index is 0.000000821. The molecule has 0 saturated carbocycles. The lowest BCUT2D eigenvalue weighted by molar-refractivity contribution is -0.344. The van der Waals surface area contributed by atoms with Crippen LogP contribution in [0.2, 0.25) is 0 Å². The second-order valence-corrected chi connectivity index (χ2v) is 6.40. The third-order valence-electron chi connectivity index (χ3n) is 4.20. The van der Waals surface area contributed by atoms with Crippen molar-refractivity contribution in [3.8, 4) is 5.75 Å². The van der Waals surface area contributed by atoms with Gasteiger partial charge in [-0.3, -0.25) is 0 Å². The molecule has 0 spiro atoms. The summed E-state index contributed by atoms with van der Waals surface area (Å²) < 4.78 is 37.3. The van der Waals surface area contributed by atoms with Gasteiger partial charge in [0, 0.05) is 6.04 Å². The van der Waals surface area contributed by atoms with Crippen LogP contribution in [0.3, 0.4) is 0 Å². The first-order valence-electron chi connectivity index (χ1n) is 9.33. The third kappa shape index (κ3) is 12.3. The minimum Gasteiger partial charge on any atom is -0.542 e. The Kier molecular flexibility index (Phi) is 12.5. The molecule has 0 aliphatic rings. The largest absolute Gasteiger partial charge is 0.542 e. The number of nitrogens with zero attached hydrogens (tertiary/aromatic N) is 1. The lowest BCUT2D eigenvalue weighted by atomic mass is 10.2. The average Bonchev–Trinajstić information content (AvgIpc) is 2.60. The number of alkyl halides is 3. The Labute approximate surface area is 160 Å².